The second kappa shape index (κ2) is 7.01. The first kappa shape index (κ1) is 16.3. The van der Waals surface area contributed by atoms with Crippen LogP contribution >= 0.6 is 0 Å². The molecule has 0 aliphatic carbocycles. The maximum Gasteiger partial charge on any atom is 0.234 e. The molecule has 1 amide bonds. The van der Waals surface area contributed by atoms with Crippen molar-refractivity contribution in [3.63, 3.8) is 0 Å². The van der Waals surface area contributed by atoms with E-state index in [9.17, 15) is 4.79 Å². The minimum Gasteiger partial charge on any atom is -0.304 e. The fourth-order valence-electron chi connectivity index (χ4n) is 4.17. The van der Waals surface area contributed by atoms with Crippen molar-refractivity contribution < 1.29 is 4.79 Å². The molecule has 0 aromatic heterocycles. The van der Waals surface area contributed by atoms with Gasteiger partial charge in [0.05, 0.1) is 12.0 Å². The molecule has 130 valence electrons. The molecule has 0 spiro atoms. The second-order valence-electron chi connectivity index (χ2n) is 7.37. The summed E-state index contributed by atoms with van der Waals surface area (Å²) < 4.78 is 0. The molecule has 2 aromatic carbocycles. The molecule has 3 heteroatoms. The first-order valence-corrected chi connectivity index (χ1v) is 9.41. The average molecular weight is 334 g/mol. The summed E-state index contributed by atoms with van der Waals surface area (Å²) in [6.07, 6.45) is 3.85. The summed E-state index contributed by atoms with van der Waals surface area (Å²) in [7, 11) is 0. The van der Waals surface area contributed by atoms with E-state index >= 15 is 0 Å². The van der Waals surface area contributed by atoms with Gasteiger partial charge in [-0.3, -0.25) is 4.79 Å². The molecule has 25 heavy (non-hydrogen) atoms. The average Bonchev–Trinajstić information content (AvgIpc) is 2.66. The molecule has 2 heterocycles. The topological polar surface area (TPSA) is 23.6 Å². The number of amides is 1. The lowest BCUT2D eigenvalue weighted by atomic mass is 9.81. The van der Waals surface area contributed by atoms with Gasteiger partial charge < -0.3 is 9.80 Å². The Morgan fingerprint density at radius 1 is 0.920 bits per heavy atom. The van der Waals surface area contributed by atoms with Crippen LogP contribution in [-0.2, 0) is 4.79 Å². The zero-order chi connectivity index (χ0) is 17.2. The lowest BCUT2D eigenvalue weighted by Gasteiger charge is -2.49. The number of likely N-dealkylation sites (tertiary alicyclic amines) is 1. The summed E-state index contributed by atoms with van der Waals surface area (Å²) in [4.78, 5) is 17.5. The molecule has 2 atom stereocenters. The summed E-state index contributed by atoms with van der Waals surface area (Å²) in [5.74, 6) is 0.338. The van der Waals surface area contributed by atoms with Gasteiger partial charge >= 0.3 is 0 Å². The Bertz CT molecular complexity index is 719. The number of β-lactam (4-membered cyclic amide) rings is 1. The quantitative estimate of drug-likeness (QED) is 0.783. The second-order valence-corrected chi connectivity index (χ2v) is 7.37. The third kappa shape index (κ3) is 3.21. The van der Waals surface area contributed by atoms with Crippen LogP contribution in [-0.4, -0.2) is 30.4 Å². The molecule has 0 saturated carbocycles. The number of anilines is 1. The van der Waals surface area contributed by atoms with Gasteiger partial charge in [-0.2, -0.15) is 0 Å². The van der Waals surface area contributed by atoms with E-state index in [0.29, 0.717) is 0 Å². The lowest BCUT2D eigenvalue weighted by Crippen LogP contribution is -2.59. The summed E-state index contributed by atoms with van der Waals surface area (Å²) >= 11 is 0. The monoisotopic (exact) mass is 334 g/mol. The molecule has 0 radical (unpaired) electrons. The van der Waals surface area contributed by atoms with Crippen LogP contribution in [0.25, 0.3) is 0 Å². The van der Waals surface area contributed by atoms with E-state index in [1.807, 2.05) is 11.0 Å². The highest BCUT2D eigenvalue weighted by Crippen LogP contribution is 2.44. The van der Waals surface area contributed by atoms with E-state index in [0.717, 1.165) is 25.3 Å². The van der Waals surface area contributed by atoms with E-state index in [2.05, 4.69) is 60.4 Å². The largest absolute Gasteiger partial charge is 0.304 e. The molecule has 0 unspecified atom stereocenters. The SMILES string of the molecule is Cc1ccc(N2C(=O)[C@@H](CN3CCCCC3)[C@H]2c2ccccc2)cc1. The number of piperidine rings is 1. The van der Waals surface area contributed by atoms with Crippen LogP contribution in [0.4, 0.5) is 5.69 Å². The van der Waals surface area contributed by atoms with E-state index < -0.39 is 0 Å². The standard InChI is InChI=1S/C22H26N2O/c1-17-10-12-19(13-11-17)24-21(18-8-4-2-5-9-18)20(22(24)25)16-23-14-6-3-7-15-23/h2,4-5,8-13,20-21H,3,6-7,14-16H2,1H3/t20-,21+/m0/s1. The highest BCUT2D eigenvalue weighted by molar-refractivity contribution is 6.03. The van der Waals surface area contributed by atoms with Gasteiger partial charge in [0, 0.05) is 12.2 Å². The molecule has 2 aromatic rings. The molecule has 2 fully saturated rings. The van der Waals surface area contributed by atoms with E-state index in [1.54, 1.807) is 0 Å². The minimum absolute atomic E-state index is 0.0711. The highest BCUT2D eigenvalue weighted by atomic mass is 16.2. The van der Waals surface area contributed by atoms with Crippen LogP contribution in [0.3, 0.4) is 0 Å². The predicted molar refractivity (Wildman–Crippen MR) is 102 cm³/mol. The van der Waals surface area contributed by atoms with Crippen molar-refractivity contribution in [3.8, 4) is 0 Å². The van der Waals surface area contributed by atoms with Gasteiger partial charge in [0.2, 0.25) is 5.91 Å². The summed E-state index contributed by atoms with van der Waals surface area (Å²) in [6, 6.07) is 19.0. The van der Waals surface area contributed by atoms with Crippen LogP contribution in [0.1, 0.15) is 36.4 Å². The van der Waals surface area contributed by atoms with Gasteiger partial charge in [-0.15, -0.1) is 0 Å². The van der Waals surface area contributed by atoms with Gasteiger partial charge in [-0.05, 0) is 50.6 Å². The summed E-state index contributed by atoms with van der Waals surface area (Å²) in [5.41, 5.74) is 3.47. The van der Waals surface area contributed by atoms with E-state index in [4.69, 9.17) is 0 Å². The van der Waals surface area contributed by atoms with Crippen molar-refractivity contribution in [2.24, 2.45) is 5.92 Å². The Labute approximate surface area is 150 Å². The lowest BCUT2D eigenvalue weighted by molar-refractivity contribution is -0.131. The van der Waals surface area contributed by atoms with Crippen molar-refractivity contribution in [1.29, 1.82) is 0 Å². The third-order valence-electron chi connectivity index (χ3n) is 5.57. The van der Waals surface area contributed by atoms with Gasteiger partial charge in [0.15, 0.2) is 0 Å². The Balaban J connectivity index is 1.60. The third-order valence-corrected chi connectivity index (χ3v) is 5.57. The summed E-state index contributed by atoms with van der Waals surface area (Å²) in [6.45, 7) is 5.24. The molecule has 2 saturated heterocycles. The van der Waals surface area contributed by atoms with E-state index in [-0.39, 0.29) is 17.9 Å². The number of nitrogens with zero attached hydrogens (tertiary/aromatic N) is 2. The van der Waals surface area contributed by atoms with Crippen LogP contribution in [0.5, 0.6) is 0 Å². The predicted octanol–water partition coefficient (Wildman–Crippen LogP) is 4.19. The molecule has 0 bridgehead atoms. The first-order valence-electron chi connectivity index (χ1n) is 9.41. The Hall–Kier alpha value is -2.13. The molecule has 0 N–H and O–H groups in total. The molecule has 2 aliphatic rings. The Morgan fingerprint density at radius 3 is 2.28 bits per heavy atom. The Morgan fingerprint density at radius 2 is 1.60 bits per heavy atom. The number of benzene rings is 2. The maximum atomic E-state index is 13.0. The van der Waals surface area contributed by atoms with Crippen molar-refractivity contribution in [2.45, 2.75) is 32.2 Å². The van der Waals surface area contributed by atoms with Crippen molar-refractivity contribution in [2.75, 3.05) is 24.5 Å². The zero-order valence-corrected chi connectivity index (χ0v) is 14.9. The normalized spacial score (nSPS) is 24.2. The van der Waals surface area contributed by atoms with Gasteiger partial charge in [-0.1, -0.05) is 54.4 Å². The number of hydrogen-bond acceptors (Lipinski definition) is 2. The summed E-state index contributed by atoms with van der Waals surface area (Å²) in [5, 5.41) is 0. The van der Waals surface area contributed by atoms with Gasteiger partial charge in [0.1, 0.15) is 0 Å². The van der Waals surface area contributed by atoms with Crippen molar-refractivity contribution in [3.05, 3.63) is 65.7 Å². The molecule has 3 nitrogen and oxygen atoms in total. The van der Waals surface area contributed by atoms with Crippen molar-refractivity contribution >= 4 is 11.6 Å². The molecule has 4 rings (SSSR count). The highest BCUT2D eigenvalue weighted by Gasteiger charge is 2.49. The zero-order valence-electron chi connectivity index (χ0n) is 14.9. The number of carbonyl (C=O) groups is 1. The first-order chi connectivity index (χ1) is 12.2. The van der Waals surface area contributed by atoms with Crippen LogP contribution in [0.2, 0.25) is 0 Å². The molecular formula is C22H26N2O. The number of aryl methyl sites for hydroxylation is 1. The van der Waals surface area contributed by atoms with E-state index in [1.165, 1.54) is 30.4 Å². The van der Waals surface area contributed by atoms with Crippen molar-refractivity contribution in [1.82, 2.24) is 4.90 Å². The maximum absolute atomic E-state index is 13.0. The van der Waals surface area contributed by atoms with Crippen LogP contribution < -0.4 is 4.90 Å². The van der Waals surface area contributed by atoms with Gasteiger partial charge in [0.25, 0.3) is 0 Å². The molecular weight excluding hydrogens is 308 g/mol. The van der Waals surface area contributed by atoms with Crippen LogP contribution in [0.15, 0.2) is 54.6 Å². The number of hydrogen-bond donors (Lipinski definition) is 0. The fraction of sp³-hybridized carbons (Fsp3) is 0.409. The Kier molecular flexibility index (Phi) is 4.58. The minimum atomic E-state index is 0.0711. The number of rotatable bonds is 4. The van der Waals surface area contributed by atoms with Gasteiger partial charge in [-0.25, -0.2) is 0 Å². The number of carbonyl (C=O) groups excluding carboxylic acids is 1. The molecule has 2 aliphatic heterocycles. The smallest absolute Gasteiger partial charge is 0.234 e. The fourth-order valence-corrected chi connectivity index (χ4v) is 4.17. The van der Waals surface area contributed by atoms with Crippen LogP contribution in [0, 0.1) is 12.8 Å².